The van der Waals surface area contributed by atoms with E-state index in [-0.39, 0.29) is 22.7 Å². The fraction of sp³-hybridized carbons (Fsp3) is 0.429. The number of carbonyl (C=O) groups excluding carboxylic acids is 1. The van der Waals surface area contributed by atoms with Gasteiger partial charge in [-0.2, -0.15) is 24.5 Å². The smallest absolute Gasteiger partial charge is 0.388 e. The number of halogens is 3. The van der Waals surface area contributed by atoms with Crippen molar-refractivity contribution in [2.24, 2.45) is 5.41 Å². The Morgan fingerprint density at radius 2 is 1.83 bits per heavy atom. The van der Waals surface area contributed by atoms with Crippen LogP contribution in [0.3, 0.4) is 0 Å². The fourth-order valence-electron chi connectivity index (χ4n) is 5.18. The van der Waals surface area contributed by atoms with Crippen molar-refractivity contribution in [2.75, 3.05) is 0 Å². The van der Waals surface area contributed by atoms with Crippen LogP contribution in [-0.2, 0) is 12.6 Å². The zero-order chi connectivity index (χ0) is 25.5. The zero-order valence-electron chi connectivity index (χ0n) is 20.4. The van der Waals surface area contributed by atoms with Gasteiger partial charge in [0.05, 0.1) is 22.9 Å². The summed E-state index contributed by atoms with van der Waals surface area (Å²) in [7, 11) is 0. The Balaban J connectivity index is 2.01. The molecule has 0 fully saturated rings. The molecule has 1 N–H and O–H groups in total. The number of aliphatic hydroxyl groups excluding tert-OH is 1. The van der Waals surface area contributed by atoms with Crippen molar-refractivity contribution in [3.8, 4) is 11.1 Å². The predicted molar refractivity (Wildman–Crippen MR) is 133 cm³/mol. The average molecular weight is 502 g/mol. The molecular formula is C28H30F3NO2S. The lowest BCUT2D eigenvalue weighted by Crippen LogP contribution is -2.29. The third-order valence-corrected chi connectivity index (χ3v) is 7.63. The first kappa shape index (κ1) is 25.6. The fourth-order valence-corrected chi connectivity index (χ4v) is 5.82. The van der Waals surface area contributed by atoms with Crippen LogP contribution in [0.5, 0.6) is 0 Å². The highest BCUT2D eigenvalue weighted by Gasteiger charge is 2.38. The maximum absolute atomic E-state index is 14.0. The number of nitrogens with zero attached hydrogens (tertiary/aromatic N) is 1. The molecule has 2 aromatic heterocycles. The summed E-state index contributed by atoms with van der Waals surface area (Å²) < 4.78 is 39.4. The highest BCUT2D eigenvalue weighted by Crippen LogP contribution is 2.47. The van der Waals surface area contributed by atoms with Crippen molar-refractivity contribution >= 4 is 17.1 Å². The molecule has 2 heterocycles. The molecule has 1 atom stereocenters. The van der Waals surface area contributed by atoms with Crippen LogP contribution in [0.2, 0.25) is 0 Å². The average Bonchev–Trinajstić information content (AvgIpc) is 3.32. The van der Waals surface area contributed by atoms with Gasteiger partial charge in [-0.25, -0.2) is 0 Å². The lowest BCUT2D eigenvalue weighted by molar-refractivity contribution is -0.137. The van der Waals surface area contributed by atoms with Crippen LogP contribution >= 0.6 is 11.3 Å². The van der Waals surface area contributed by atoms with E-state index in [1.807, 2.05) is 30.7 Å². The van der Waals surface area contributed by atoms with Crippen molar-refractivity contribution in [1.82, 2.24) is 4.98 Å². The lowest BCUT2D eigenvalue weighted by Gasteiger charge is -2.37. The second kappa shape index (κ2) is 9.51. The van der Waals surface area contributed by atoms with E-state index < -0.39 is 17.8 Å². The normalized spacial score (nSPS) is 17.5. The van der Waals surface area contributed by atoms with Crippen LogP contribution in [0.4, 0.5) is 13.2 Å². The van der Waals surface area contributed by atoms with Gasteiger partial charge in [0, 0.05) is 28.3 Å². The van der Waals surface area contributed by atoms with E-state index in [2.05, 4.69) is 13.8 Å². The summed E-state index contributed by atoms with van der Waals surface area (Å²) in [6.07, 6.45) is -2.51. The molecule has 0 spiro atoms. The van der Waals surface area contributed by atoms with Gasteiger partial charge in [-0.3, -0.25) is 9.78 Å². The third-order valence-electron chi connectivity index (χ3n) is 6.95. The standard InChI is InChI=1S/C28H30F3NO2S/c1-5-16(6-2)25-24(26(34)17-7-9-19(10-8-17)28(29,30)31)22(18-11-12-35-15-18)23-20(32-25)13-27(3,4)14-21(23)33/h7-12,15-16,21,33H,5-6,13-14H2,1-4H3/t21-/m0/s1. The van der Waals surface area contributed by atoms with Crippen LogP contribution in [0.15, 0.2) is 41.1 Å². The molecule has 0 bridgehead atoms. The van der Waals surface area contributed by atoms with E-state index in [0.717, 1.165) is 36.2 Å². The van der Waals surface area contributed by atoms with Crippen LogP contribution < -0.4 is 0 Å². The number of fused-ring (bicyclic) bond motifs is 1. The number of carbonyl (C=O) groups is 1. The minimum Gasteiger partial charge on any atom is -0.388 e. The Labute approximate surface area is 208 Å². The van der Waals surface area contributed by atoms with Crippen molar-refractivity contribution in [1.29, 1.82) is 0 Å². The Morgan fingerprint density at radius 1 is 1.17 bits per heavy atom. The summed E-state index contributed by atoms with van der Waals surface area (Å²) in [5.41, 5.74) is 3.28. The SMILES string of the molecule is CCC(CC)c1nc2c(c(-c3ccsc3)c1C(=O)c1ccc(C(F)(F)F)cc1)[C@@H](O)CC(C)(C)C2. The topological polar surface area (TPSA) is 50.2 Å². The second-order valence-electron chi connectivity index (χ2n) is 10.1. The van der Waals surface area contributed by atoms with Gasteiger partial charge in [-0.1, -0.05) is 39.8 Å². The largest absolute Gasteiger partial charge is 0.416 e. The molecule has 35 heavy (non-hydrogen) atoms. The predicted octanol–water partition coefficient (Wildman–Crippen LogP) is 7.97. The Hall–Kier alpha value is -2.51. The molecule has 0 amide bonds. The van der Waals surface area contributed by atoms with E-state index in [0.29, 0.717) is 35.2 Å². The van der Waals surface area contributed by atoms with Crippen LogP contribution in [0.25, 0.3) is 11.1 Å². The molecule has 1 aliphatic rings. The number of aromatic nitrogens is 1. The molecule has 186 valence electrons. The number of aliphatic hydroxyl groups is 1. The summed E-state index contributed by atoms with van der Waals surface area (Å²) in [5, 5.41) is 15.1. The molecule has 3 aromatic rings. The van der Waals surface area contributed by atoms with E-state index in [4.69, 9.17) is 4.98 Å². The summed E-state index contributed by atoms with van der Waals surface area (Å²) in [5.74, 6) is -0.359. The molecule has 1 aliphatic carbocycles. The molecule has 0 saturated heterocycles. The minimum atomic E-state index is -4.48. The number of pyridine rings is 1. The quantitative estimate of drug-likeness (QED) is 0.349. The molecule has 7 heteroatoms. The number of rotatable bonds is 6. The van der Waals surface area contributed by atoms with Gasteiger partial charge in [0.15, 0.2) is 5.78 Å². The number of thiophene rings is 1. The molecule has 0 unspecified atom stereocenters. The summed E-state index contributed by atoms with van der Waals surface area (Å²) >= 11 is 1.49. The summed E-state index contributed by atoms with van der Waals surface area (Å²) in [6.45, 7) is 8.29. The second-order valence-corrected chi connectivity index (χ2v) is 10.9. The first-order chi connectivity index (χ1) is 16.5. The first-order valence-electron chi connectivity index (χ1n) is 12.0. The van der Waals surface area contributed by atoms with Gasteiger partial charge < -0.3 is 5.11 Å². The molecular weight excluding hydrogens is 471 g/mol. The third kappa shape index (κ3) is 4.94. The Bertz CT molecular complexity index is 1210. The maximum atomic E-state index is 14.0. The van der Waals surface area contributed by atoms with Gasteiger partial charge in [-0.05, 0) is 65.6 Å². The number of benzene rings is 1. The monoisotopic (exact) mass is 501 g/mol. The van der Waals surface area contributed by atoms with E-state index in [1.54, 1.807) is 0 Å². The van der Waals surface area contributed by atoms with Crippen LogP contribution in [-0.4, -0.2) is 15.9 Å². The number of hydrogen-bond donors (Lipinski definition) is 1. The summed E-state index contributed by atoms with van der Waals surface area (Å²) in [4.78, 5) is 19.0. The maximum Gasteiger partial charge on any atom is 0.416 e. The molecule has 4 rings (SSSR count). The first-order valence-corrected chi connectivity index (χ1v) is 12.9. The van der Waals surface area contributed by atoms with E-state index >= 15 is 0 Å². The van der Waals surface area contributed by atoms with Gasteiger partial charge >= 0.3 is 6.18 Å². The highest BCUT2D eigenvalue weighted by molar-refractivity contribution is 7.08. The number of hydrogen-bond acceptors (Lipinski definition) is 4. The van der Waals surface area contributed by atoms with Gasteiger partial charge in [0.2, 0.25) is 0 Å². The van der Waals surface area contributed by atoms with Crippen molar-refractivity contribution in [2.45, 2.75) is 71.6 Å². The van der Waals surface area contributed by atoms with Gasteiger partial charge in [-0.15, -0.1) is 0 Å². The van der Waals surface area contributed by atoms with E-state index in [1.165, 1.54) is 23.5 Å². The molecule has 0 radical (unpaired) electrons. The minimum absolute atomic E-state index is 0.00765. The lowest BCUT2D eigenvalue weighted by atomic mass is 9.71. The van der Waals surface area contributed by atoms with Crippen LogP contribution in [0, 0.1) is 5.41 Å². The van der Waals surface area contributed by atoms with Crippen molar-refractivity contribution in [3.63, 3.8) is 0 Å². The van der Waals surface area contributed by atoms with Crippen molar-refractivity contribution in [3.05, 3.63) is 74.7 Å². The molecule has 3 nitrogen and oxygen atoms in total. The van der Waals surface area contributed by atoms with Crippen molar-refractivity contribution < 1.29 is 23.1 Å². The van der Waals surface area contributed by atoms with Gasteiger partial charge in [0.1, 0.15) is 0 Å². The van der Waals surface area contributed by atoms with Crippen LogP contribution in [0.1, 0.15) is 97.4 Å². The Kier molecular flexibility index (Phi) is 6.95. The zero-order valence-corrected chi connectivity index (χ0v) is 21.2. The summed E-state index contributed by atoms with van der Waals surface area (Å²) in [6, 6.07) is 6.28. The Morgan fingerprint density at radius 3 is 2.37 bits per heavy atom. The number of ketones is 1. The van der Waals surface area contributed by atoms with Gasteiger partial charge in [0.25, 0.3) is 0 Å². The van der Waals surface area contributed by atoms with E-state index in [9.17, 15) is 23.1 Å². The molecule has 0 saturated carbocycles. The number of alkyl halides is 3. The molecule has 0 aliphatic heterocycles. The highest BCUT2D eigenvalue weighted by atomic mass is 32.1. The molecule has 1 aromatic carbocycles.